The zero-order valence-electron chi connectivity index (χ0n) is 11.7. The Bertz CT molecular complexity index is 630. The fraction of sp³-hybridized carbons (Fsp3) is 0.375. The molecule has 0 aliphatic carbocycles. The predicted molar refractivity (Wildman–Crippen MR) is 79.1 cm³/mol. The average Bonchev–Trinajstić information content (AvgIpc) is 2.89. The Kier molecular flexibility index (Phi) is 3.54. The molecule has 4 nitrogen and oxygen atoms in total. The number of hydrogen-bond donors (Lipinski definition) is 1. The monoisotopic (exact) mass is 269 g/mol. The van der Waals surface area contributed by atoms with Crippen molar-refractivity contribution >= 4 is 11.5 Å². The number of hydrogen-bond acceptors (Lipinski definition) is 3. The van der Waals surface area contributed by atoms with Crippen LogP contribution in [-0.4, -0.2) is 22.1 Å². The molecular weight excluding hydrogens is 250 g/mol. The standard InChI is InChI=1S/C16H19N3O/c1-19-14(8-10-18-19)5-7-16(20)13-4-6-15-12(11-13)3-2-9-17-15/h4,6,8,10-11,17H,2-3,5,7,9H2,1H3. The minimum atomic E-state index is 0.208. The summed E-state index contributed by atoms with van der Waals surface area (Å²) in [6.07, 6.45) is 5.24. The Morgan fingerprint density at radius 2 is 2.30 bits per heavy atom. The number of nitrogens with one attached hydrogen (secondary N) is 1. The smallest absolute Gasteiger partial charge is 0.163 e. The number of ketones is 1. The second-order valence-corrected chi connectivity index (χ2v) is 5.27. The third kappa shape index (κ3) is 2.59. The van der Waals surface area contributed by atoms with E-state index >= 15 is 0 Å². The van der Waals surface area contributed by atoms with Crippen molar-refractivity contribution in [1.29, 1.82) is 0 Å². The number of aryl methyl sites for hydroxylation is 3. The van der Waals surface area contributed by atoms with Crippen molar-refractivity contribution < 1.29 is 4.79 Å². The zero-order chi connectivity index (χ0) is 13.9. The largest absolute Gasteiger partial charge is 0.385 e. The van der Waals surface area contributed by atoms with Crippen LogP contribution in [0.1, 0.15) is 34.5 Å². The van der Waals surface area contributed by atoms with Crippen LogP contribution in [0.15, 0.2) is 30.5 Å². The molecule has 2 heterocycles. The van der Waals surface area contributed by atoms with Crippen LogP contribution in [0.5, 0.6) is 0 Å². The van der Waals surface area contributed by atoms with Crippen molar-refractivity contribution in [2.45, 2.75) is 25.7 Å². The van der Waals surface area contributed by atoms with E-state index in [1.54, 1.807) is 6.20 Å². The van der Waals surface area contributed by atoms with E-state index in [-0.39, 0.29) is 5.78 Å². The third-order valence-corrected chi connectivity index (χ3v) is 3.90. The maximum Gasteiger partial charge on any atom is 0.163 e. The molecule has 1 aromatic carbocycles. The molecule has 2 aromatic rings. The summed E-state index contributed by atoms with van der Waals surface area (Å²) in [4.78, 5) is 12.3. The molecule has 4 heteroatoms. The lowest BCUT2D eigenvalue weighted by Gasteiger charge is -2.18. The van der Waals surface area contributed by atoms with Gasteiger partial charge in [0.05, 0.1) is 0 Å². The molecule has 1 aromatic heterocycles. The van der Waals surface area contributed by atoms with Crippen LogP contribution in [0.2, 0.25) is 0 Å². The molecule has 0 saturated carbocycles. The zero-order valence-corrected chi connectivity index (χ0v) is 11.7. The van der Waals surface area contributed by atoms with Crippen LogP contribution in [0.25, 0.3) is 0 Å². The number of rotatable bonds is 4. The summed E-state index contributed by atoms with van der Waals surface area (Å²) < 4.78 is 1.82. The van der Waals surface area contributed by atoms with Crippen LogP contribution < -0.4 is 5.32 Å². The fourth-order valence-electron chi connectivity index (χ4n) is 2.68. The highest BCUT2D eigenvalue weighted by atomic mass is 16.1. The Hall–Kier alpha value is -2.10. The number of fused-ring (bicyclic) bond motifs is 1. The van der Waals surface area contributed by atoms with Crippen LogP contribution in [0, 0.1) is 0 Å². The summed E-state index contributed by atoms with van der Waals surface area (Å²) in [5, 5.41) is 7.49. The van der Waals surface area contributed by atoms with Crippen LogP contribution in [0.4, 0.5) is 5.69 Å². The highest BCUT2D eigenvalue weighted by Gasteiger charge is 2.13. The van der Waals surface area contributed by atoms with Crippen molar-refractivity contribution in [1.82, 2.24) is 9.78 Å². The molecule has 0 amide bonds. The summed E-state index contributed by atoms with van der Waals surface area (Å²) in [5.74, 6) is 0.208. The van der Waals surface area contributed by atoms with E-state index in [4.69, 9.17) is 0 Å². The van der Waals surface area contributed by atoms with Gasteiger partial charge in [0.15, 0.2) is 5.78 Å². The van der Waals surface area contributed by atoms with E-state index in [2.05, 4.69) is 10.4 Å². The van der Waals surface area contributed by atoms with Gasteiger partial charge in [0.2, 0.25) is 0 Å². The molecule has 0 spiro atoms. The number of nitrogens with zero attached hydrogens (tertiary/aromatic N) is 2. The first-order valence-electron chi connectivity index (χ1n) is 7.11. The van der Waals surface area contributed by atoms with Crippen molar-refractivity contribution in [3.63, 3.8) is 0 Å². The van der Waals surface area contributed by atoms with Crippen molar-refractivity contribution in [3.05, 3.63) is 47.3 Å². The number of anilines is 1. The summed E-state index contributed by atoms with van der Waals surface area (Å²) >= 11 is 0. The first-order valence-corrected chi connectivity index (χ1v) is 7.11. The maximum atomic E-state index is 12.3. The normalized spacial score (nSPS) is 13.7. The van der Waals surface area contributed by atoms with Gasteiger partial charge in [-0.05, 0) is 49.1 Å². The molecule has 0 saturated heterocycles. The summed E-state index contributed by atoms with van der Waals surface area (Å²) in [5.41, 5.74) is 4.37. The SMILES string of the molecule is Cn1nccc1CCC(=O)c1ccc2c(c1)CCCN2. The third-order valence-electron chi connectivity index (χ3n) is 3.90. The maximum absolute atomic E-state index is 12.3. The van der Waals surface area contributed by atoms with E-state index < -0.39 is 0 Å². The first kappa shape index (κ1) is 12.9. The highest BCUT2D eigenvalue weighted by molar-refractivity contribution is 5.96. The van der Waals surface area contributed by atoms with Gasteiger partial charge >= 0.3 is 0 Å². The average molecular weight is 269 g/mol. The van der Waals surface area contributed by atoms with Gasteiger partial charge in [-0.2, -0.15) is 5.10 Å². The van der Waals surface area contributed by atoms with Crippen LogP contribution in [0.3, 0.4) is 0 Å². The van der Waals surface area contributed by atoms with E-state index in [0.717, 1.165) is 37.1 Å². The van der Waals surface area contributed by atoms with Crippen molar-refractivity contribution in [2.24, 2.45) is 7.05 Å². The highest BCUT2D eigenvalue weighted by Crippen LogP contribution is 2.23. The number of benzene rings is 1. The number of carbonyl (C=O) groups excluding carboxylic acids is 1. The molecule has 104 valence electrons. The molecular formula is C16H19N3O. The second-order valence-electron chi connectivity index (χ2n) is 5.27. The summed E-state index contributed by atoms with van der Waals surface area (Å²) in [6, 6.07) is 7.98. The second kappa shape index (κ2) is 5.49. The molecule has 0 fully saturated rings. The molecule has 1 N–H and O–H groups in total. The molecule has 20 heavy (non-hydrogen) atoms. The Morgan fingerprint density at radius 3 is 3.10 bits per heavy atom. The number of carbonyl (C=O) groups is 1. The number of aromatic nitrogens is 2. The Labute approximate surface area is 118 Å². The van der Waals surface area contributed by atoms with E-state index in [0.29, 0.717) is 6.42 Å². The van der Waals surface area contributed by atoms with Gasteiger partial charge in [-0.15, -0.1) is 0 Å². The van der Waals surface area contributed by atoms with Gasteiger partial charge in [-0.1, -0.05) is 0 Å². The van der Waals surface area contributed by atoms with E-state index in [9.17, 15) is 4.79 Å². The molecule has 0 radical (unpaired) electrons. The molecule has 0 atom stereocenters. The molecule has 1 aliphatic heterocycles. The lowest BCUT2D eigenvalue weighted by Crippen LogP contribution is -2.13. The lowest BCUT2D eigenvalue weighted by atomic mass is 9.97. The van der Waals surface area contributed by atoms with Gasteiger partial charge in [0.1, 0.15) is 0 Å². The van der Waals surface area contributed by atoms with Crippen LogP contribution >= 0.6 is 0 Å². The van der Waals surface area contributed by atoms with E-state index in [1.165, 1.54) is 11.3 Å². The van der Waals surface area contributed by atoms with Crippen molar-refractivity contribution in [2.75, 3.05) is 11.9 Å². The Morgan fingerprint density at radius 1 is 1.40 bits per heavy atom. The van der Waals surface area contributed by atoms with Gasteiger partial charge in [-0.3, -0.25) is 9.48 Å². The van der Waals surface area contributed by atoms with Gasteiger partial charge in [-0.25, -0.2) is 0 Å². The molecule has 3 rings (SSSR count). The Balaban J connectivity index is 1.69. The van der Waals surface area contributed by atoms with Gasteiger partial charge in [0.25, 0.3) is 0 Å². The topological polar surface area (TPSA) is 46.9 Å². The molecule has 0 bridgehead atoms. The first-order chi connectivity index (χ1) is 9.74. The van der Waals surface area contributed by atoms with E-state index in [1.807, 2.05) is 36.0 Å². The minimum Gasteiger partial charge on any atom is -0.385 e. The van der Waals surface area contributed by atoms with Gasteiger partial charge in [0, 0.05) is 43.2 Å². The van der Waals surface area contributed by atoms with Crippen LogP contribution in [-0.2, 0) is 19.9 Å². The quantitative estimate of drug-likeness (QED) is 0.868. The molecule has 0 unspecified atom stereocenters. The predicted octanol–water partition coefficient (Wildman–Crippen LogP) is 2.59. The van der Waals surface area contributed by atoms with Gasteiger partial charge < -0.3 is 5.32 Å². The summed E-state index contributed by atoms with van der Waals surface area (Å²) in [6.45, 7) is 1.03. The minimum absolute atomic E-state index is 0.208. The fourth-order valence-corrected chi connectivity index (χ4v) is 2.68. The lowest BCUT2D eigenvalue weighted by molar-refractivity contribution is 0.0982. The number of Topliss-reactive ketones (excluding diaryl/α,β-unsaturated/α-hetero) is 1. The summed E-state index contributed by atoms with van der Waals surface area (Å²) in [7, 11) is 1.91. The molecule has 1 aliphatic rings. The van der Waals surface area contributed by atoms with Crippen molar-refractivity contribution in [3.8, 4) is 0 Å².